The Labute approximate surface area is 369 Å². The van der Waals surface area contributed by atoms with Gasteiger partial charge in [0.2, 0.25) is 35.4 Å². The van der Waals surface area contributed by atoms with E-state index in [0.717, 1.165) is 11.3 Å². The maximum Gasteiger partial charge on any atom is 0.328 e. The van der Waals surface area contributed by atoms with Crippen molar-refractivity contribution in [3.8, 4) is 0 Å². The molecule has 0 aliphatic heterocycles. The Kier molecular flexibility index (Phi) is 22.5. The molecule has 342 valence electrons. The summed E-state index contributed by atoms with van der Waals surface area (Å²) in [5.74, 6) is -4.28. The van der Waals surface area contributed by atoms with Crippen LogP contribution in [0.5, 0.6) is 0 Å². The number of nitrogens with zero attached hydrogens (tertiary/aromatic N) is 2. The summed E-state index contributed by atoms with van der Waals surface area (Å²) in [6.07, 6.45) is 6.53. The number of rotatable bonds is 24. The van der Waals surface area contributed by atoms with Gasteiger partial charge in [0.15, 0.2) is 0 Å². The molecule has 0 saturated heterocycles. The van der Waals surface area contributed by atoms with E-state index in [-0.39, 0.29) is 24.2 Å². The van der Waals surface area contributed by atoms with Crippen molar-refractivity contribution in [1.82, 2.24) is 31.1 Å². The molecule has 1 aromatic rings. The number of carbonyl (C=O) groups excluding carboxylic acids is 6. The van der Waals surface area contributed by atoms with Gasteiger partial charge in [-0.15, -0.1) is 0 Å². The molecule has 0 aromatic heterocycles. The van der Waals surface area contributed by atoms with E-state index in [9.17, 15) is 38.7 Å². The quantitative estimate of drug-likeness (QED) is 0.0647. The number of benzene rings is 1. The van der Waals surface area contributed by atoms with Gasteiger partial charge in [-0.25, -0.2) is 4.79 Å². The maximum atomic E-state index is 14.2. The lowest BCUT2D eigenvalue weighted by molar-refractivity contribution is -0.147. The van der Waals surface area contributed by atoms with Gasteiger partial charge in [-0.2, -0.15) is 0 Å². The topological polar surface area (TPSA) is 194 Å². The smallest absolute Gasteiger partial charge is 0.328 e. The molecule has 1 rings (SSSR count). The van der Waals surface area contributed by atoms with E-state index in [2.05, 4.69) is 48.1 Å². The molecule has 14 nitrogen and oxygen atoms in total. The highest BCUT2D eigenvalue weighted by Gasteiger charge is 2.37. The van der Waals surface area contributed by atoms with Crippen molar-refractivity contribution >= 4 is 53.0 Å². The molecule has 61 heavy (non-hydrogen) atoms. The highest BCUT2D eigenvalue weighted by Crippen LogP contribution is 2.23. The van der Waals surface area contributed by atoms with E-state index < -0.39 is 71.8 Å². The third kappa shape index (κ3) is 18.0. The van der Waals surface area contributed by atoms with Crippen LogP contribution < -0.4 is 21.3 Å². The molecule has 0 aliphatic carbocycles. The summed E-state index contributed by atoms with van der Waals surface area (Å²) in [4.78, 5) is 95.8. The number of carboxylic acid groups (broad SMARTS) is 1. The van der Waals surface area contributed by atoms with Gasteiger partial charge in [0.05, 0.1) is 6.54 Å². The van der Waals surface area contributed by atoms with E-state index in [1.165, 1.54) is 45.3 Å². The van der Waals surface area contributed by atoms with Crippen molar-refractivity contribution in [1.29, 1.82) is 0 Å². The number of aliphatic carboxylic acids is 1. The van der Waals surface area contributed by atoms with Crippen LogP contribution in [0, 0.1) is 23.7 Å². The molecular formula is C46H73ClN6O8. The lowest BCUT2D eigenvalue weighted by Gasteiger charge is -2.33. The van der Waals surface area contributed by atoms with Crippen LogP contribution >= 0.6 is 11.6 Å². The van der Waals surface area contributed by atoms with Crippen LogP contribution in [-0.4, -0.2) is 107 Å². The molecule has 1 aromatic carbocycles. The van der Waals surface area contributed by atoms with Crippen molar-refractivity contribution in [3.63, 3.8) is 0 Å². The Morgan fingerprint density at radius 1 is 0.836 bits per heavy atom. The first-order valence-corrected chi connectivity index (χ1v) is 21.6. The normalized spacial score (nSPS) is 15.6. The second-order valence-corrected chi connectivity index (χ2v) is 18.1. The molecule has 7 atom stereocenters. The van der Waals surface area contributed by atoms with Gasteiger partial charge in [0, 0.05) is 31.1 Å². The zero-order valence-electron chi connectivity index (χ0n) is 38.9. The van der Waals surface area contributed by atoms with E-state index in [0.29, 0.717) is 47.3 Å². The SMILES string of the molecule is C/C=C(\C)C[C@@H](C)[C@@H](C)C/C=C(\C)C(=O)N[C@H](CC(C)C)C(=O)N[C@@H](C)C(=O)N(C)[C@H](Cc1ccc(Cl)cc1)C(=O)N(C)CC(=O)NC(C(=O)NC(C)(C)C(=O)O)[C@@H](C)CC. The monoisotopic (exact) mass is 873 g/mol. The van der Waals surface area contributed by atoms with Crippen molar-refractivity contribution in [3.05, 3.63) is 58.1 Å². The Morgan fingerprint density at radius 2 is 1.43 bits per heavy atom. The van der Waals surface area contributed by atoms with Crippen LogP contribution in [0.3, 0.4) is 0 Å². The molecule has 6 amide bonds. The van der Waals surface area contributed by atoms with E-state index in [1.807, 2.05) is 33.8 Å². The second-order valence-electron chi connectivity index (χ2n) is 17.6. The Balaban J connectivity index is 3.26. The summed E-state index contributed by atoms with van der Waals surface area (Å²) in [6.45, 7) is 21.3. The van der Waals surface area contributed by atoms with Gasteiger partial charge in [-0.1, -0.05) is 89.4 Å². The maximum absolute atomic E-state index is 14.2. The zero-order valence-corrected chi connectivity index (χ0v) is 39.7. The molecular weight excluding hydrogens is 800 g/mol. The molecule has 0 spiro atoms. The predicted octanol–water partition coefficient (Wildman–Crippen LogP) is 5.68. The van der Waals surface area contributed by atoms with Crippen LogP contribution in [0.15, 0.2) is 47.6 Å². The Hall–Kier alpha value is -4.72. The first kappa shape index (κ1) is 54.3. The van der Waals surface area contributed by atoms with Crippen molar-refractivity contribution in [2.24, 2.45) is 23.7 Å². The summed E-state index contributed by atoms with van der Waals surface area (Å²) in [6, 6.07) is 2.47. The number of hydrogen-bond acceptors (Lipinski definition) is 7. The molecule has 5 N–H and O–H groups in total. The largest absolute Gasteiger partial charge is 0.480 e. The molecule has 0 aliphatic rings. The Bertz CT molecular complexity index is 1740. The fourth-order valence-corrected chi connectivity index (χ4v) is 6.59. The van der Waals surface area contributed by atoms with Crippen LogP contribution in [0.25, 0.3) is 0 Å². The average molecular weight is 874 g/mol. The zero-order chi connectivity index (χ0) is 46.9. The summed E-state index contributed by atoms with van der Waals surface area (Å²) in [7, 11) is 2.84. The van der Waals surface area contributed by atoms with Gasteiger partial charge in [-0.05, 0) is 102 Å². The summed E-state index contributed by atoms with van der Waals surface area (Å²) in [5.41, 5.74) is 0.891. The van der Waals surface area contributed by atoms with E-state index in [4.69, 9.17) is 11.6 Å². The van der Waals surface area contributed by atoms with Crippen molar-refractivity contribution in [2.45, 2.75) is 145 Å². The van der Waals surface area contributed by atoms with Crippen LogP contribution in [0.2, 0.25) is 5.02 Å². The van der Waals surface area contributed by atoms with Crippen LogP contribution in [0.1, 0.15) is 114 Å². The number of hydrogen-bond donors (Lipinski definition) is 5. The number of allylic oxidation sites excluding steroid dienone is 3. The lowest BCUT2D eigenvalue weighted by Crippen LogP contribution is -2.59. The highest BCUT2D eigenvalue weighted by atomic mass is 35.5. The second kappa shape index (κ2) is 25.3. The summed E-state index contributed by atoms with van der Waals surface area (Å²) >= 11 is 6.12. The number of carboxylic acids is 1. The molecule has 1 unspecified atom stereocenters. The standard InChI is InChI=1S/C46H73ClN6O8/c1-15-28(5)24-32(9)30(7)17-18-31(8)40(55)49-36(23-27(3)4)41(56)48-33(10)43(58)53(14)37(25-34-19-21-35(47)22-20-34)44(59)52(13)26-38(54)50-39(29(6)16-2)42(57)51-46(11,12)45(60)61/h15,18-22,27,29-30,32-33,36-37,39H,16-17,23-26H2,1-14H3,(H,48,56)(H,49,55)(H,50,54)(H,51,57)(H,60,61)/b28-15+,31-18+/t29-,30-,32+,33-,36+,37+,39?/m0/s1. The summed E-state index contributed by atoms with van der Waals surface area (Å²) < 4.78 is 0. The number of carbonyl (C=O) groups is 7. The van der Waals surface area contributed by atoms with Gasteiger partial charge in [0.25, 0.3) is 0 Å². The third-order valence-electron chi connectivity index (χ3n) is 11.3. The Morgan fingerprint density at radius 3 is 1.95 bits per heavy atom. The lowest BCUT2D eigenvalue weighted by atomic mass is 9.87. The predicted molar refractivity (Wildman–Crippen MR) is 240 cm³/mol. The van der Waals surface area contributed by atoms with Crippen molar-refractivity contribution < 1.29 is 38.7 Å². The number of halogens is 1. The average Bonchev–Trinajstić information content (AvgIpc) is 3.19. The first-order valence-electron chi connectivity index (χ1n) is 21.3. The van der Waals surface area contributed by atoms with Crippen molar-refractivity contribution in [2.75, 3.05) is 20.6 Å². The van der Waals surface area contributed by atoms with Gasteiger partial charge >= 0.3 is 5.97 Å². The van der Waals surface area contributed by atoms with Crippen LogP contribution in [-0.2, 0) is 40.0 Å². The molecule has 15 heteroatoms. The molecule has 0 bridgehead atoms. The first-order chi connectivity index (χ1) is 28.2. The fourth-order valence-electron chi connectivity index (χ4n) is 6.47. The minimum absolute atomic E-state index is 0.0327. The van der Waals surface area contributed by atoms with Gasteiger partial charge < -0.3 is 36.2 Å². The third-order valence-corrected chi connectivity index (χ3v) is 11.6. The minimum atomic E-state index is -1.59. The highest BCUT2D eigenvalue weighted by molar-refractivity contribution is 6.30. The molecule has 0 radical (unpaired) electrons. The number of amides is 6. The minimum Gasteiger partial charge on any atom is -0.480 e. The fraction of sp³-hybridized carbons (Fsp3) is 0.630. The number of likely N-dealkylation sites (N-methyl/N-ethyl adjacent to an activating group) is 2. The molecule has 0 heterocycles. The van der Waals surface area contributed by atoms with Gasteiger partial charge in [-0.3, -0.25) is 28.8 Å². The summed E-state index contributed by atoms with van der Waals surface area (Å²) in [5, 5.41) is 20.7. The number of nitrogens with one attached hydrogen (secondary N) is 4. The van der Waals surface area contributed by atoms with Gasteiger partial charge in [0.1, 0.15) is 29.7 Å². The molecule has 0 fully saturated rings. The van der Waals surface area contributed by atoms with Crippen LogP contribution in [0.4, 0.5) is 0 Å². The van der Waals surface area contributed by atoms with E-state index >= 15 is 0 Å². The molecule has 0 saturated carbocycles. The van der Waals surface area contributed by atoms with E-state index in [1.54, 1.807) is 38.1 Å².